The lowest BCUT2D eigenvalue weighted by Crippen LogP contribution is -2.54. The Labute approximate surface area is 175 Å². The maximum absolute atomic E-state index is 12.9. The molecule has 29 heavy (non-hydrogen) atoms. The molecule has 0 spiro atoms. The molecule has 2 fully saturated rings. The molecule has 3 aliphatic rings. The lowest BCUT2D eigenvalue weighted by molar-refractivity contribution is -0.137. The van der Waals surface area contributed by atoms with Crippen LogP contribution in [0, 0.1) is 5.92 Å². The Kier molecular flexibility index (Phi) is 6.77. The third-order valence-electron chi connectivity index (χ3n) is 5.59. The molecule has 1 aromatic rings. The van der Waals surface area contributed by atoms with Gasteiger partial charge >= 0.3 is 0 Å². The molecular weight excluding hydrogens is 398 g/mol. The van der Waals surface area contributed by atoms with Crippen LogP contribution in [-0.4, -0.2) is 67.5 Å². The highest BCUT2D eigenvalue weighted by molar-refractivity contribution is 6.02. The number of hydrogen-bond donors (Lipinski definition) is 2. The summed E-state index contributed by atoms with van der Waals surface area (Å²) in [6.45, 7) is 4.53. The van der Waals surface area contributed by atoms with Crippen molar-refractivity contribution in [1.29, 1.82) is 0 Å². The first-order valence-electron chi connectivity index (χ1n) is 9.78. The van der Waals surface area contributed by atoms with Gasteiger partial charge in [-0.25, -0.2) is 0 Å². The van der Waals surface area contributed by atoms with E-state index in [4.69, 9.17) is 9.47 Å². The Morgan fingerprint density at radius 2 is 1.97 bits per heavy atom. The van der Waals surface area contributed by atoms with Gasteiger partial charge in [0.15, 0.2) is 11.9 Å². The van der Waals surface area contributed by atoms with Crippen LogP contribution in [0.4, 0.5) is 5.69 Å². The molecule has 8 nitrogen and oxygen atoms in total. The monoisotopic (exact) mass is 423 g/mol. The minimum absolute atomic E-state index is 0. The van der Waals surface area contributed by atoms with E-state index in [2.05, 4.69) is 10.6 Å². The molecule has 2 N–H and O–H groups in total. The van der Waals surface area contributed by atoms with E-state index < -0.39 is 6.10 Å². The Morgan fingerprint density at radius 3 is 2.66 bits per heavy atom. The standard InChI is InChI=1S/C20H25N3O5.ClH/c1-12-19(25)22-15-10-14(2-3-17(15)28-12)18(24)13-4-7-23(8-5-13)20(26)16-11-27-9-6-21-16;/h2-3,10,12-13,16,21H,4-9,11H2,1H3,(H,22,25);1H. The van der Waals surface area contributed by atoms with Crippen LogP contribution in [0.2, 0.25) is 0 Å². The Hall–Kier alpha value is -2.16. The van der Waals surface area contributed by atoms with E-state index in [1.165, 1.54) is 0 Å². The van der Waals surface area contributed by atoms with E-state index in [1.807, 2.05) is 4.90 Å². The summed E-state index contributed by atoms with van der Waals surface area (Å²) in [5.74, 6) is 0.322. The summed E-state index contributed by atoms with van der Waals surface area (Å²) >= 11 is 0. The van der Waals surface area contributed by atoms with Crippen LogP contribution < -0.4 is 15.4 Å². The molecule has 0 aliphatic carbocycles. The number of nitrogens with zero attached hydrogens (tertiary/aromatic N) is 1. The minimum atomic E-state index is -0.542. The zero-order chi connectivity index (χ0) is 19.7. The summed E-state index contributed by atoms with van der Waals surface area (Å²) in [5, 5.41) is 5.96. The highest BCUT2D eigenvalue weighted by atomic mass is 35.5. The largest absolute Gasteiger partial charge is 0.479 e. The van der Waals surface area contributed by atoms with Crippen LogP contribution in [0.1, 0.15) is 30.1 Å². The molecule has 2 saturated heterocycles. The second-order valence-corrected chi connectivity index (χ2v) is 7.51. The molecule has 2 amide bonds. The highest BCUT2D eigenvalue weighted by Gasteiger charge is 2.32. The quantitative estimate of drug-likeness (QED) is 0.710. The van der Waals surface area contributed by atoms with Crippen molar-refractivity contribution in [2.75, 3.05) is 38.2 Å². The number of hydrogen-bond acceptors (Lipinski definition) is 6. The van der Waals surface area contributed by atoms with Crippen molar-refractivity contribution in [2.24, 2.45) is 5.92 Å². The van der Waals surface area contributed by atoms with Crippen molar-refractivity contribution in [1.82, 2.24) is 10.2 Å². The number of Topliss-reactive ketones (excluding diaryl/α,β-unsaturated/α-hetero) is 1. The van der Waals surface area contributed by atoms with E-state index in [0.29, 0.717) is 62.7 Å². The number of piperidine rings is 1. The summed E-state index contributed by atoms with van der Waals surface area (Å²) in [5.41, 5.74) is 1.09. The van der Waals surface area contributed by atoms with Crippen molar-refractivity contribution in [3.8, 4) is 5.75 Å². The van der Waals surface area contributed by atoms with Gasteiger partial charge in [0, 0.05) is 31.1 Å². The number of halogens is 1. The fourth-order valence-electron chi connectivity index (χ4n) is 3.90. The van der Waals surface area contributed by atoms with E-state index in [0.717, 1.165) is 0 Å². The van der Waals surface area contributed by atoms with Crippen LogP contribution in [0.15, 0.2) is 18.2 Å². The third kappa shape index (κ3) is 4.55. The zero-order valence-corrected chi connectivity index (χ0v) is 17.1. The van der Waals surface area contributed by atoms with Crippen LogP contribution in [0.3, 0.4) is 0 Å². The number of rotatable bonds is 3. The lowest BCUT2D eigenvalue weighted by atomic mass is 9.88. The van der Waals surface area contributed by atoms with Gasteiger partial charge in [0.1, 0.15) is 11.8 Å². The topological polar surface area (TPSA) is 97.0 Å². The van der Waals surface area contributed by atoms with E-state index in [-0.39, 0.29) is 42.0 Å². The number of ether oxygens (including phenoxy) is 2. The van der Waals surface area contributed by atoms with Crippen LogP contribution in [0.25, 0.3) is 0 Å². The number of carbonyl (C=O) groups is 3. The number of fused-ring (bicyclic) bond motifs is 1. The molecule has 4 rings (SSSR count). The molecule has 3 aliphatic heterocycles. The second kappa shape index (κ2) is 9.11. The molecule has 2 unspecified atom stereocenters. The maximum Gasteiger partial charge on any atom is 0.265 e. The SMILES string of the molecule is CC1Oc2ccc(C(=O)C3CCN(C(=O)C4COCCN4)CC3)cc2NC1=O.Cl. The average molecular weight is 424 g/mol. The van der Waals surface area contributed by atoms with Crippen molar-refractivity contribution in [2.45, 2.75) is 31.9 Å². The van der Waals surface area contributed by atoms with Gasteiger partial charge in [-0.05, 0) is 38.0 Å². The number of amides is 2. The van der Waals surface area contributed by atoms with E-state index in [1.54, 1.807) is 25.1 Å². The van der Waals surface area contributed by atoms with Gasteiger partial charge in [0.2, 0.25) is 5.91 Å². The summed E-state index contributed by atoms with van der Waals surface area (Å²) in [7, 11) is 0. The molecule has 158 valence electrons. The lowest BCUT2D eigenvalue weighted by Gasteiger charge is -2.35. The summed E-state index contributed by atoms with van der Waals surface area (Å²) < 4.78 is 10.9. The number of carbonyl (C=O) groups excluding carboxylic acids is 3. The number of anilines is 1. The van der Waals surface area contributed by atoms with Crippen LogP contribution >= 0.6 is 12.4 Å². The van der Waals surface area contributed by atoms with Gasteiger partial charge in [0.05, 0.1) is 18.9 Å². The number of likely N-dealkylation sites (tertiary alicyclic amines) is 1. The molecule has 9 heteroatoms. The average Bonchev–Trinajstić information content (AvgIpc) is 2.74. The van der Waals surface area contributed by atoms with Crippen LogP contribution in [0.5, 0.6) is 5.75 Å². The number of morpholine rings is 1. The molecule has 1 aromatic carbocycles. The third-order valence-corrected chi connectivity index (χ3v) is 5.59. The fraction of sp³-hybridized carbons (Fsp3) is 0.550. The number of nitrogens with one attached hydrogen (secondary N) is 2. The van der Waals surface area contributed by atoms with Crippen molar-refractivity contribution >= 4 is 35.7 Å². The maximum atomic E-state index is 12.9. The Balaban J connectivity index is 0.00000240. The van der Waals surface area contributed by atoms with Gasteiger partial charge in [0.25, 0.3) is 5.91 Å². The first kappa shape index (κ1) is 21.5. The minimum Gasteiger partial charge on any atom is -0.479 e. The predicted molar refractivity (Wildman–Crippen MR) is 109 cm³/mol. The molecule has 3 heterocycles. The van der Waals surface area contributed by atoms with E-state index in [9.17, 15) is 14.4 Å². The fourth-order valence-corrected chi connectivity index (χ4v) is 3.90. The Bertz CT molecular complexity index is 788. The van der Waals surface area contributed by atoms with Crippen molar-refractivity contribution in [3.63, 3.8) is 0 Å². The van der Waals surface area contributed by atoms with Gasteiger partial charge < -0.3 is 25.0 Å². The first-order chi connectivity index (χ1) is 13.5. The first-order valence-corrected chi connectivity index (χ1v) is 9.78. The molecular formula is C20H26ClN3O5. The normalized spacial score (nSPS) is 24.6. The second-order valence-electron chi connectivity index (χ2n) is 7.51. The molecule has 0 bridgehead atoms. The summed E-state index contributed by atoms with van der Waals surface area (Å²) in [6, 6.07) is 4.87. The molecule has 0 radical (unpaired) electrons. The Morgan fingerprint density at radius 1 is 1.21 bits per heavy atom. The molecule has 0 aromatic heterocycles. The van der Waals surface area contributed by atoms with E-state index >= 15 is 0 Å². The summed E-state index contributed by atoms with van der Waals surface area (Å²) in [4.78, 5) is 39.1. The highest BCUT2D eigenvalue weighted by Crippen LogP contribution is 2.32. The number of ketones is 1. The van der Waals surface area contributed by atoms with Gasteiger partial charge in [-0.15, -0.1) is 12.4 Å². The van der Waals surface area contributed by atoms with Gasteiger partial charge in [-0.2, -0.15) is 0 Å². The molecule has 0 saturated carbocycles. The number of benzene rings is 1. The van der Waals surface area contributed by atoms with Crippen LogP contribution in [-0.2, 0) is 14.3 Å². The molecule has 2 atom stereocenters. The van der Waals surface area contributed by atoms with Gasteiger partial charge in [-0.3, -0.25) is 14.4 Å². The van der Waals surface area contributed by atoms with Gasteiger partial charge in [-0.1, -0.05) is 0 Å². The smallest absolute Gasteiger partial charge is 0.265 e. The predicted octanol–water partition coefficient (Wildman–Crippen LogP) is 1.24. The van der Waals surface area contributed by atoms with Crippen molar-refractivity contribution < 1.29 is 23.9 Å². The zero-order valence-electron chi connectivity index (χ0n) is 16.3. The van der Waals surface area contributed by atoms with Crippen molar-refractivity contribution in [3.05, 3.63) is 23.8 Å². The summed E-state index contributed by atoms with van der Waals surface area (Å²) in [6.07, 6.45) is 0.726.